The van der Waals surface area contributed by atoms with Crippen LogP contribution in [0, 0.1) is 5.82 Å². The second kappa shape index (κ2) is 16.4. The SMILES string of the molecule is Fc1cc(-c2ccccc2)cc(-c2ccccc2)c1N(c1ccccc1)c1ccc2c(c1)Oc1cccc3c1c-2cc1ccc(-c2ccc(N(c4ccccc4)c4ccccc4)cc2)cc13. The van der Waals surface area contributed by atoms with Gasteiger partial charge in [0.1, 0.15) is 17.3 Å². The third-order valence-electron chi connectivity index (χ3n) is 12.7. The van der Waals surface area contributed by atoms with Crippen LogP contribution in [0.5, 0.6) is 11.5 Å². The zero-order chi connectivity index (χ0) is 44.0. The standard InChI is InChI=1S/C62H41FN2O/c63-58-40-47(42-17-6-1-7-18-42)39-56(44-19-8-2-9-20-44)62(58)65(50-25-14-5-15-26-50)52-35-36-53-57-38-46-30-29-45(37-55(46)54-27-16-28-59(61(54)57)66-60(53)41-52)43-31-33-51(34-32-43)64(48-21-10-3-11-22-48)49-23-12-4-13-24-49/h1-41H. The van der Waals surface area contributed by atoms with Gasteiger partial charge >= 0.3 is 0 Å². The molecular weight excluding hydrogens is 808 g/mol. The van der Waals surface area contributed by atoms with Gasteiger partial charge in [0, 0.05) is 45.3 Å². The van der Waals surface area contributed by atoms with Crippen molar-refractivity contribution in [3.63, 3.8) is 0 Å². The molecule has 0 atom stereocenters. The molecule has 0 radical (unpaired) electrons. The van der Waals surface area contributed by atoms with Gasteiger partial charge in [-0.05, 0) is 141 Å². The summed E-state index contributed by atoms with van der Waals surface area (Å²) in [5.74, 6) is 1.18. The van der Waals surface area contributed by atoms with Crippen LogP contribution in [-0.4, -0.2) is 0 Å². The summed E-state index contributed by atoms with van der Waals surface area (Å²) in [4.78, 5) is 4.30. The lowest BCUT2D eigenvalue weighted by Gasteiger charge is -2.30. The Bertz CT molecular complexity index is 3510. The molecule has 12 rings (SSSR count). The van der Waals surface area contributed by atoms with E-state index in [-0.39, 0.29) is 5.82 Å². The van der Waals surface area contributed by atoms with Crippen molar-refractivity contribution in [2.24, 2.45) is 0 Å². The van der Waals surface area contributed by atoms with Crippen LogP contribution in [0.25, 0.3) is 66.1 Å². The van der Waals surface area contributed by atoms with E-state index in [2.05, 4.69) is 138 Å². The highest BCUT2D eigenvalue weighted by Crippen LogP contribution is 2.52. The first kappa shape index (κ1) is 38.9. The molecule has 0 aromatic heterocycles. The quantitative estimate of drug-likeness (QED) is 0.135. The largest absolute Gasteiger partial charge is 0.456 e. The minimum atomic E-state index is -0.323. The molecule has 312 valence electrons. The number of benzene rings is 11. The van der Waals surface area contributed by atoms with Crippen LogP contribution in [0.2, 0.25) is 0 Å². The molecule has 1 heterocycles. The summed E-state index contributed by atoms with van der Waals surface area (Å²) < 4.78 is 24.1. The first-order valence-corrected chi connectivity index (χ1v) is 22.3. The average molecular weight is 849 g/mol. The van der Waals surface area contributed by atoms with E-state index in [1.165, 1.54) is 0 Å². The fraction of sp³-hybridized carbons (Fsp3) is 0. The highest BCUT2D eigenvalue weighted by Gasteiger charge is 2.27. The average Bonchev–Trinajstić information content (AvgIpc) is 3.38. The van der Waals surface area contributed by atoms with Crippen molar-refractivity contribution in [3.05, 3.63) is 255 Å². The molecule has 11 aromatic carbocycles. The van der Waals surface area contributed by atoms with E-state index >= 15 is 4.39 Å². The van der Waals surface area contributed by atoms with E-state index in [9.17, 15) is 0 Å². The summed E-state index contributed by atoms with van der Waals surface area (Å²) >= 11 is 0. The van der Waals surface area contributed by atoms with Gasteiger partial charge in [0.05, 0.1) is 11.4 Å². The number of rotatable bonds is 9. The fourth-order valence-corrected chi connectivity index (χ4v) is 9.58. The van der Waals surface area contributed by atoms with Crippen molar-refractivity contribution in [2.75, 3.05) is 9.80 Å². The normalized spacial score (nSPS) is 11.5. The number of ether oxygens (including phenoxy) is 1. The molecule has 3 nitrogen and oxygen atoms in total. The van der Waals surface area contributed by atoms with Gasteiger partial charge in [-0.25, -0.2) is 4.39 Å². The lowest BCUT2D eigenvalue weighted by molar-refractivity contribution is 0.487. The lowest BCUT2D eigenvalue weighted by Crippen LogP contribution is -2.14. The Morgan fingerprint density at radius 1 is 0.303 bits per heavy atom. The van der Waals surface area contributed by atoms with Crippen LogP contribution in [0.3, 0.4) is 0 Å². The topological polar surface area (TPSA) is 15.7 Å². The molecule has 0 aliphatic carbocycles. The van der Waals surface area contributed by atoms with Crippen LogP contribution >= 0.6 is 0 Å². The molecule has 1 aliphatic heterocycles. The van der Waals surface area contributed by atoms with Gasteiger partial charge in [0.25, 0.3) is 0 Å². The molecule has 0 saturated carbocycles. The Kier molecular flexibility index (Phi) is 9.69. The number of nitrogens with zero attached hydrogens (tertiary/aromatic N) is 2. The molecule has 0 unspecified atom stereocenters. The van der Waals surface area contributed by atoms with Crippen LogP contribution in [0.15, 0.2) is 249 Å². The zero-order valence-corrected chi connectivity index (χ0v) is 35.9. The molecule has 4 heteroatoms. The van der Waals surface area contributed by atoms with Crippen LogP contribution in [-0.2, 0) is 0 Å². The molecule has 0 fully saturated rings. The summed E-state index contributed by atoms with van der Waals surface area (Å²) in [6.07, 6.45) is 0. The van der Waals surface area contributed by atoms with Gasteiger partial charge < -0.3 is 14.5 Å². The Morgan fingerprint density at radius 3 is 1.50 bits per heavy atom. The van der Waals surface area contributed by atoms with Crippen molar-refractivity contribution in [2.45, 2.75) is 0 Å². The zero-order valence-electron chi connectivity index (χ0n) is 35.9. The lowest BCUT2D eigenvalue weighted by atomic mass is 9.89. The monoisotopic (exact) mass is 848 g/mol. The number of halogens is 1. The third-order valence-corrected chi connectivity index (χ3v) is 12.7. The van der Waals surface area contributed by atoms with Crippen molar-refractivity contribution >= 4 is 55.7 Å². The van der Waals surface area contributed by atoms with Gasteiger partial charge in [-0.2, -0.15) is 0 Å². The van der Waals surface area contributed by atoms with Crippen LogP contribution in [0.4, 0.5) is 38.5 Å². The molecule has 0 N–H and O–H groups in total. The molecule has 0 spiro atoms. The number of hydrogen-bond acceptors (Lipinski definition) is 3. The highest BCUT2D eigenvalue weighted by atomic mass is 19.1. The van der Waals surface area contributed by atoms with Crippen molar-refractivity contribution in [1.82, 2.24) is 0 Å². The minimum absolute atomic E-state index is 0.323. The molecule has 11 aromatic rings. The molecule has 0 saturated heterocycles. The smallest absolute Gasteiger partial charge is 0.148 e. The van der Waals surface area contributed by atoms with Gasteiger partial charge in [-0.1, -0.05) is 152 Å². The Morgan fingerprint density at radius 2 is 0.848 bits per heavy atom. The summed E-state index contributed by atoms with van der Waals surface area (Å²) in [6, 6.07) is 85.2. The van der Waals surface area contributed by atoms with Gasteiger partial charge in [-0.15, -0.1) is 0 Å². The third kappa shape index (κ3) is 6.93. The van der Waals surface area contributed by atoms with E-state index in [0.29, 0.717) is 11.4 Å². The minimum Gasteiger partial charge on any atom is -0.456 e. The summed E-state index contributed by atoms with van der Waals surface area (Å²) in [5.41, 5.74) is 13.2. The number of hydrogen-bond donors (Lipinski definition) is 0. The fourth-order valence-electron chi connectivity index (χ4n) is 9.58. The maximum Gasteiger partial charge on any atom is 0.148 e. The first-order valence-electron chi connectivity index (χ1n) is 22.3. The Balaban J connectivity index is 0.946. The predicted molar refractivity (Wildman–Crippen MR) is 273 cm³/mol. The van der Waals surface area contributed by atoms with E-state index in [1.54, 1.807) is 6.07 Å². The first-order chi connectivity index (χ1) is 32.6. The molecule has 1 aliphatic rings. The number of fused-ring (bicyclic) bond motifs is 4. The highest BCUT2D eigenvalue weighted by molar-refractivity contribution is 6.18. The van der Waals surface area contributed by atoms with Gasteiger partial charge in [-0.3, -0.25) is 0 Å². The molecule has 66 heavy (non-hydrogen) atoms. The van der Waals surface area contributed by atoms with Crippen LogP contribution in [0.1, 0.15) is 0 Å². The molecular formula is C62H41FN2O. The van der Waals surface area contributed by atoms with E-state index in [1.807, 2.05) is 114 Å². The number of anilines is 6. The molecule has 0 amide bonds. The van der Waals surface area contributed by atoms with Crippen molar-refractivity contribution in [3.8, 4) is 56.0 Å². The summed E-state index contributed by atoms with van der Waals surface area (Å²) in [7, 11) is 0. The van der Waals surface area contributed by atoms with Crippen LogP contribution < -0.4 is 14.5 Å². The Labute approximate surface area is 383 Å². The van der Waals surface area contributed by atoms with Gasteiger partial charge in [0.2, 0.25) is 0 Å². The van der Waals surface area contributed by atoms with Crippen molar-refractivity contribution in [1.29, 1.82) is 0 Å². The van der Waals surface area contributed by atoms with Gasteiger partial charge in [0.15, 0.2) is 0 Å². The summed E-state index contributed by atoms with van der Waals surface area (Å²) in [6.45, 7) is 0. The molecule has 0 bridgehead atoms. The second-order valence-electron chi connectivity index (χ2n) is 16.6. The maximum absolute atomic E-state index is 17.2. The van der Waals surface area contributed by atoms with Crippen molar-refractivity contribution < 1.29 is 9.13 Å². The van der Waals surface area contributed by atoms with E-state index in [0.717, 1.165) is 100 Å². The number of para-hydroxylation sites is 3. The second-order valence-corrected chi connectivity index (χ2v) is 16.6. The van der Waals surface area contributed by atoms with E-state index < -0.39 is 0 Å². The van der Waals surface area contributed by atoms with E-state index in [4.69, 9.17) is 4.74 Å². The maximum atomic E-state index is 17.2. The Hall–Kier alpha value is -8.73. The summed E-state index contributed by atoms with van der Waals surface area (Å²) in [5, 5.41) is 4.51. The predicted octanol–water partition coefficient (Wildman–Crippen LogP) is 17.8.